The van der Waals surface area contributed by atoms with E-state index in [-0.39, 0.29) is 0 Å². The van der Waals surface area contributed by atoms with Gasteiger partial charge in [-0.3, -0.25) is 4.40 Å². The Morgan fingerprint density at radius 2 is 2.17 bits per heavy atom. The minimum atomic E-state index is 0.563. The van der Waals surface area contributed by atoms with Crippen LogP contribution in [-0.2, 0) is 6.54 Å². The van der Waals surface area contributed by atoms with E-state index >= 15 is 0 Å². The Morgan fingerprint density at radius 1 is 1.22 bits per heavy atom. The fraction of sp³-hybridized carbons (Fsp3) is 0.0833. The summed E-state index contributed by atoms with van der Waals surface area (Å²) in [6.07, 6.45) is 3.58. The molecule has 0 aliphatic rings. The molecule has 5 nitrogen and oxygen atoms in total. The summed E-state index contributed by atoms with van der Waals surface area (Å²) in [4.78, 5) is 4.11. The number of anilines is 1. The minimum Gasteiger partial charge on any atom is -0.378 e. The van der Waals surface area contributed by atoms with Gasteiger partial charge >= 0.3 is 0 Å². The maximum atomic E-state index is 5.92. The Balaban J connectivity index is 1.81. The Labute approximate surface area is 108 Å². The molecule has 0 atom stereocenters. The number of hydrogen-bond acceptors (Lipinski definition) is 4. The standard InChI is InChI=1S/C12H10ClN5/c13-9-3-1-4-10(7-9)15-8-11-16-17-12-14-5-2-6-18(11)12/h1-7,15H,8H2. The third-order valence-corrected chi connectivity index (χ3v) is 2.77. The number of benzene rings is 1. The Kier molecular flexibility index (Phi) is 2.82. The van der Waals surface area contributed by atoms with Gasteiger partial charge in [-0.1, -0.05) is 17.7 Å². The van der Waals surface area contributed by atoms with Crippen molar-refractivity contribution in [3.63, 3.8) is 0 Å². The van der Waals surface area contributed by atoms with Crippen molar-refractivity contribution < 1.29 is 0 Å². The largest absolute Gasteiger partial charge is 0.378 e. The van der Waals surface area contributed by atoms with Crippen LogP contribution in [0.5, 0.6) is 0 Å². The van der Waals surface area contributed by atoms with Crippen molar-refractivity contribution in [2.75, 3.05) is 5.32 Å². The second-order valence-electron chi connectivity index (χ2n) is 3.77. The number of hydrogen-bond donors (Lipinski definition) is 1. The van der Waals surface area contributed by atoms with E-state index < -0.39 is 0 Å². The highest BCUT2D eigenvalue weighted by Crippen LogP contribution is 2.15. The molecular formula is C12H10ClN5. The van der Waals surface area contributed by atoms with Crippen molar-refractivity contribution in [3.8, 4) is 0 Å². The van der Waals surface area contributed by atoms with Crippen LogP contribution < -0.4 is 5.32 Å². The van der Waals surface area contributed by atoms with Gasteiger partial charge < -0.3 is 5.32 Å². The van der Waals surface area contributed by atoms with E-state index in [0.717, 1.165) is 11.5 Å². The number of halogens is 1. The molecule has 0 amide bonds. The molecule has 1 N–H and O–H groups in total. The van der Waals surface area contributed by atoms with E-state index in [1.807, 2.05) is 40.9 Å². The molecule has 0 radical (unpaired) electrons. The normalized spacial score (nSPS) is 10.7. The van der Waals surface area contributed by atoms with Gasteiger partial charge in [0.15, 0.2) is 5.82 Å². The first-order chi connectivity index (χ1) is 8.83. The van der Waals surface area contributed by atoms with E-state index in [2.05, 4.69) is 20.5 Å². The second-order valence-corrected chi connectivity index (χ2v) is 4.21. The number of nitrogens with one attached hydrogen (secondary N) is 1. The average molecular weight is 260 g/mol. The predicted octanol–water partition coefficient (Wildman–Crippen LogP) is 2.39. The van der Waals surface area contributed by atoms with Crippen LogP contribution in [0, 0.1) is 0 Å². The molecule has 3 aromatic rings. The molecule has 1 aromatic carbocycles. The minimum absolute atomic E-state index is 0.563. The first-order valence-corrected chi connectivity index (χ1v) is 5.85. The average Bonchev–Trinajstić information content (AvgIpc) is 2.80. The fourth-order valence-corrected chi connectivity index (χ4v) is 1.88. The van der Waals surface area contributed by atoms with Gasteiger partial charge in [-0.05, 0) is 24.3 Å². The summed E-state index contributed by atoms with van der Waals surface area (Å²) in [7, 11) is 0. The maximum Gasteiger partial charge on any atom is 0.254 e. The maximum absolute atomic E-state index is 5.92. The van der Waals surface area contributed by atoms with E-state index in [0.29, 0.717) is 17.3 Å². The lowest BCUT2D eigenvalue weighted by Gasteiger charge is -2.05. The first-order valence-electron chi connectivity index (χ1n) is 5.47. The molecule has 0 bridgehead atoms. The number of rotatable bonds is 3. The Hall–Kier alpha value is -2.14. The lowest BCUT2D eigenvalue weighted by atomic mass is 10.3. The smallest absolute Gasteiger partial charge is 0.254 e. The summed E-state index contributed by atoms with van der Waals surface area (Å²) in [5.74, 6) is 1.40. The van der Waals surface area contributed by atoms with Crippen LogP contribution in [-0.4, -0.2) is 19.6 Å². The van der Waals surface area contributed by atoms with Crippen molar-refractivity contribution in [2.45, 2.75) is 6.54 Å². The molecule has 0 aliphatic carbocycles. The highest BCUT2D eigenvalue weighted by Gasteiger charge is 2.04. The van der Waals surface area contributed by atoms with E-state index in [1.165, 1.54) is 0 Å². The van der Waals surface area contributed by atoms with Crippen molar-refractivity contribution in [2.24, 2.45) is 0 Å². The van der Waals surface area contributed by atoms with Gasteiger partial charge in [-0.2, -0.15) is 0 Å². The van der Waals surface area contributed by atoms with Crippen molar-refractivity contribution >= 4 is 23.1 Å². The molecule has 0 spiro atoms. The molecule has 0 aliphatic heterocycles. The quantitative estimate of drug-likeness (QED) is 0.785. The summed E-state index contributed by atoms with van der Waals surface area (Å²) in [5.41, 5.74) is 0.947. The van der Waals surface area contributed by atoms with Crippen LogP contribution >= 0.6 is 11.6 Å². The number of fused-ring (bicyclic) bond motifs is 1. The number of aromatic nitrogens is 4. The van der Waals surface area contributed by atoms with Gasteiger partial charge in [0.1, 0.15) is 0 Å². The van der Waals surface area contributed by atoms with Gasteiger partial charge in [-0.15, -0.1) is 10.2 Å². The van der Waals surface area contributed by atoms with Crippen LogP contribution in [0.4, 0.5) is 5.69 Å². The van der Waals surface area contributed by atoms with Crippen LogP contribution in [0.3, 0.4) is 0 Å². The summed E-state index contributed by atoms with van der Waals surface area (Å²) >= 11 is 5.92. The lowest BCUT2D eigenvalue weighted by molar-refractivity contribution is 0.915. The van der Waals surface area contributed by atoms with Crippen LogP contribution in [0.15, 0.2) is 42.7 Å². The molecule has 0 fully saturated rings. The third kappa shape index (κ3) is 2.12. The van der Waals surface area contributed by atoms with Crippen molar-refractivity contribution in [3.05, 3.63) is 53.6 Å². The van der Waals surface area contributed by atoms with Crippen LogP contribution in [0.1, 0.15) is 5.82 Å². The van der Waals surface area contributed by atoms with Gasteiger partial charge in [-0.25, -0.2) is 4.98 Å². The second kappa shape index (κ2) is 4.62. The Bertz CT molecular complexity index is 679. The summed E-state index contributed by atoms with van der Waals surface area (Å²) in [6, 6.07) is 9.40. The molecule has 90 valence electrons. The molecule has 18 heavy (non-hydrogen) atoms. The van der Waals surface area contributed by atoms with E-state index in [4.69, 9.17) is 11.6 Å². The zero-order valence-electron chi connectivity index (χ0n) is 9.42. The zero-order chi connectivity index (χ0) is 12.4. The van der Waals surface area contributed by atoms with Crippen molar-refractivity contribution in [1.29, 1.82) is 0 Å². The highest BCUT2D eigenvalue weighted by molar-refractivity contribution is 6.30. The molecule has 0 unspecified atom stereocenters. The fourth-order valence-electron chi connectivity index (χ4n) is 1.69. The summed E-state index contributed by atoms with van der Waals surface area (Å²) in [5, 5.41) is 12.0. The topological polar surface area (TPSA) is 55.1 Å². The van der Waals surface area contributed by atoms with Crippen LogP contribution in [0.2, 0.25) is 5.02 Å². The highest BCUT2D eigenvalue weighted by atomic mass is 35.5. The molecular weight excluding hydrogens is 250 g/mol. The van der Waals surface area contributed by atoms with Gasteiger partial charge in [0.25, 0.3) is 5.78 Å². The summed E-state index contributed by atoms with van der Waals surface area (Å²) < 4.78 is 1.84. The Morgan fingerprint density at radius 3 is 3.06 bits per heavy atom. The molecule has 0 saturated carbocycles. The van der Waals surface area contributed by atoms with Gasteiger partial charge in [0, 0.05) is 23.1 Å². The molecule has 0 saturated heterocycles. The molecule has 2 aromatic heterocycles. The van der Waals surface area contributed by atoms with E-state index in [1.54, 1.807) is 6.20 Å². The monoisotopic (exact) mass is 259 g/mol. The first kappa shape index (κ1) is 11.0. The van der Waals surface area contributed by atoms with Gasteiger partial charge in [0.2, 0.25) is 0 Å². The molecule has 6 heteroatoms. The predicted molar refractivity (Wildman–Crippen MR) is 69.6 cm³/mol. The molecule has 2 heterocycles. The van der Waals surface area contributed by atoms with Gasteiger partial charge in [0.05, 0.1) is 6.54 Å². The van der Waals surface area contributed by atoms with E-state index in [9.17, 15) is 0 Å². The third-order valence-electron chi connectivity index (χ3n) is 2.53. The zero-order valence-corrected chi connectivity index (χ0v) is 10.2. The lowest BCUT2D eigenvalue weighted by Crippen LogP contribution is -2.04. The van der Waals surface area contributed by atoms with Crippen molar-refractivity contribution in [1.82, 2.24) is 19.6 Å². The summed E-state index contributed by atoms with van der Waals surface area (Å²) in [6.45, 7) is 0.563. The van der Waals surface area contributed by atoms with Crippen LogP contribution in [0.25, 0.3) is 5.78 Å². The molecule has 3 rings (SSSR count). The number of nitrogens with zero attached hydrogens (tertiary/aromatic N) is 4. The SMILES string of the molecule is Clc1cccc(NCc2nnc3ncccn23)c1.